The maximum absolute atomic E-state index is 14.3. The highest BCUT2D eigenvalue weighted by Crippen LogP contribution is 2.37. The van der Waals surface area contributed by atoms with Crippen molar-refractivity contribution in [3.8, 4) is 28.6 Å². The Labute approximate surface area is 210 Å². The highest BCUT2D eigenvalue weighted by atomic mass is 35.5. The molecular weight excluding hydrogens is 491 g/mol. The Morgan fingerprint density at radius 1 is 1.28 bits per heavy atom. The van der Waals surface area contributed by atoms with Gasteiger partial charge in [0, 0.05) is 6.54 Å². The van der Waals surface area contributed by atoms with Crippen LogP contribution in [0, 0.1) is 5.82 Å². The average molecular weight is 513 g/mol. The summed E-state index contributed by atoms with van der Waals surface area (Å²) in [5.74, 6) is 0.0152. The van der Waals surface area contributed by atoms with Gasteiger partial charge in [-0.25, -0.2) is 4.39 Å². The van der Waals surface area contributed by atoms with Crippen LogP contribution in [0.4, 0.5) is 4.39 Å². The minimum absolute atomic E-state index is 0.0409. The van der Waals surface area contributed by atoms with Crippen molar-refractivity contribution in [3.05, 3.63) is 65.0 Å². The molecule has 12 heteroatoms. The van der Waals surface area contributed by atoms with Gasteiger partial charge in [0.25, 0.3) is 11.8 Å². The lowest BCUT2D eigenvalue weighted by molar-refractivity contribution is 0.0727. The molecule has 1 amide bonds. The van der Waals surface area contributed by atoms with Gasteiger partial charge in [-0.3, -0.25) is 4.79 Å². The number of halogens is 2. The van der Waals surface area contributed by atoms with Crippen molar-refractivity contribution in [2.75, 3.05) is 20.3 Å². The SMILES string of the molecule is CCOc1c(F)cccc1-c1nc([C@@H]2CCCN2C(=O)c2cc(OC)c(Cl)cc2-n2nccn2)no1. The van der Waals surface area contributed by atoms with Gasteiger partial charge in [0.1, 0.15) is 11.4 Å². The second-order valence-electron chi connectivity index (χ2n) is 7.99. The first-order valence-electron chi connectivity index (χ1n) is 11.3. The summed E-state index contributed by atoms with van der Waals surface area (Å²) >= 11 is 6.33. The molecule has 5 rings (SSSR count). The molecule has 1 aliphatic heterocycles. The molecular formula is C24H22ClFN6O4. The Bertz CT molecular complexity index is 1390. The number of ether oxygens (including phenoxy) is 2. The van der Waals surface area contributed by atoms with Crippen molar-refractivity contribution in [2.45, 2.75) is 25.8 Å². The van der Waals surface area contributed by atoms with Gasteiger partial charge in [-0.15, -0.1) is 0 Å². The van der Waals surface area contributed by atoms with Crippen LogP contribution in [0.1, 0.15) is 42.0 Å². The predicted octanol–water partition coefficient (Wildman–Crippen LogP) is 4.49. The molecule has 0 radical (unpaired) electrons. The molecule has 0 spiro atoms. The number of rotatable bonds is 7. The van der Waals surface area contributed by atoms with E-state index in [2.05, 4.69) is 20.3 Å². The van der Waals surface area contributed by atoms with Crippen LogP contribution in [-0.2, 0) is 0 Å². The number of para-hydroxylation sites is 1. The zero-order valence-corrected chi connectivity index (χ0v) is 20.3. The second kappa shape index (κ2) is 9.94. The van der Waals surface area contributed by atoms with Crippen LogP contribution in [0.15, 0.2) is 47.2 Å². The summed E-state index contributed by atoms with van der Waals surface area (Å²) < 4.78 is 30.6. The number of hydrogen-bond donors (Lipinski definition) is 0. The Hall–Kier alpha value is -3.99. The lowest BCUT2D eigenvalue weighted by Gasteiger charge is -2.23. The molecule has 1 saturated heterocycles. The van der Waals surface area contributed by atoms with Crippen molar-refractivity contribution >= 4 is 17.5 Å². The zero-order chi connectivity index (χ0) is 25.2. The van der Waals surface area contributed by atoms with E-state index in [1.165, 1.54) is 30.4 Å². The first-order valence-corrected chi connectivity index (χ1v) is 11.7. The number of aromatic nitrogens is 5. The molecule has 2 aromatic heterocycles. The van der Waals surface area contributed by atoms with Crippen molar-refractivity contribution in [1.29, 1.82) is 0 Å². The molecule has 3 heterocycles. The minimum atomic E-state index is -0.525. The maximum Gasteiger partial charge on any atom is 0.261 e. The van der Waals surface area contributed by atoms with Crippen molar-refractivity contribution in [3.63, 3.8) is 0 Å². The quantitative estimate of drug-likeness (QED) is 0.356. The molecule has 0 aliphatic carbocycles. The fraction of sp³-hybridized carbons (Fsp3) is 0.292. The first-order chi connectivity index (χ1) is 17.5. The van der Waals surface area contributed by atoms with Gasteiger partial charge in [0.05, 0.1) is 48.3 Å². The minimum Gasteiger partial charge on any atom is -0.495 e. The van der Waals surface area contributed by atoms with Gasteiger partial charge in [-0.1, -0.05) is 22.8 Å². The number of carbonyl (C=O) groups is 1. The zero-order valence-electron chi connectivity index (χ0n) is 19.5. The summed E-state index contributed by atoms with van der Waals surface area (Å²) in [7, 11) is 1.48. The molecule has 186 valence electrons. The van der Waals surface area contributed by atoms with E-state index in [4.69, 9.17) is 25.6 Å². The van der Waals surface area contributed by atoms with E-state index < -0.39 is 11.9 Å². The molecule has 1 fully saturated rings. The molecule has 0 N–H and O–H groups in total. The fourth-order valence-corrected chi connectivity index (χ4v) is 4.49. The maximum atomic E-state index is 14.3. The van der Waals surface area contributed by atoms with Crippen LogP contribution in [0.5, 0.6) is 11.5 Å². The van der Waals surface area contributed by atoms with Gasteiger partial charge < -0.3 is 18.9 Å². The number of benzene rings is 2. The topological polar surface area (TPSA) is 108 Å². The van der Waals surface area contributed by atoms with Gasteiger partial charge in [-0.05, 0) is 44.0 Å². The summed E-state index contributed by atoms with van der Waals surface area (Å²) in [6, 6.07) is 7.20. The number of methoxy groups -OCH3 is 1. The second-order valence-corrected chi connectivity index (χ2v) is 8.39. The van der Waals surface area contributed by atoms with E-state index in [0.29, 0.717) is 46.4 Å². The third-order valence-electron chi connectivity index (χ3n) is 5.87. The first kappa shape index (κ1) is 23.7. The monoisotopic (exact) mass is 512 g/mol. The fourth-order valence-electron chi connectivity index (χ4n) is 4.26. The van der Waals surface area contributed by atoms with E-state index in [0.717, 1.165) is 6.42 Å². The smallest absolute Gasteiger partial charge is 0.261 e. The number of nitrogens with zero attached hydrogens (tertiary/aromatic N) is 6. The molecule has 1 aliphatic rings. The number of hydrogen-bond acceptors (Lipinski definition) is 8. The van der Waals surface area contributed by atoms with Crippen LogP contribution in [0.2, 0.25) is 5.02 Å². The molecule has 2 aromatic carbocycles. The van der Waals surface area contributed by atoms with Crippen molar-refractivity contribution in [1.82, 2.24) is 30.0 Å². The third-order valence-corrected chi connectivity index (χ3v) is 6.17. The van der Waals surface area contributed by atoms with Gasteiger partial charge in [0.15, 0.2) is 17.4 Å². The van der Waals surface area contributed by atoms with Gasteiger partial charge in [-0.2, -0.15) is 20.0 Å². The van der Waals surface area contributed by atoms with E-state index in [1.807, 2.05) is 0 Å². The van der Waals surface area contributed by atoms with Crippen molar-refractivity contribution in [2.24, 2.45) is 0 Å². The predicted molar refractivity (Wildman–Crippen MR) is 127 cm³/mol. The normalized spacial score (nSPS) is 15.3. The number of likely N-dealkylation sites (tertiary alicyclic amines) is 1. The number of carbonyl (C=O) groups excluding carboxylic acids is 1. The Morgan fingerprint density at radius 2 is 2.08 bits per heavy atom. The van der Waals surface area contributed by atoms with E-state index >= 15 is 0 Å². The van der Waals surface area contributed by atoms with Crippen molar-refractivity contribution < 1.29 is 23.2 Å². The summed E-state index contributed by atoms with van der Waals surface area (Å²) in [4.78, 5) is 21.3. The van der Waals surface area contributed by atoms with Gasteiger partial charge >= 0.3 is 0 Å². The summed E-state index contributed by atoms with van der Waals surface area (Å²) in [5, 5.41) is 12.7. The Morgan fingerprint density at radius 3 is 2.83 bits per heavy atom. The van der Waals surface area contributed by atoms with Crippen LogP contribution in [-0.4, -0.2) is 56.2 Å². The third kappa shape index (κ3) is 4.26. The van der Waals surface area contributed by atoms with E-state index in [1.54, 1.807) is 36.1 Å². The highest BCUT2D eigenvalue weighted by molar-refractivity contribution is 6.32. The number of amides is 1. The largest absolute Gasteiger partial charge is 0.495 e. The highest BCUT2D eigenvalue weighted by Gasteiger charge is 2.36. The van der Waals surface area contributed by atoms with E-state index in [-0.39, 0.29) is 24.2 Å². The molecule has 1 atom stereocenters. The lowest BCUT2D eigenvalue weighted by atomic mass is 10.1. The van der Waals surface area contributed by atoms with Crippen LogP contribution < -0.4 is 9.47 Å². The standard InChI is InChI=1S/C24H22ClFN6O4/c1-3-35-21-14(6-4-7-17(21)26)23-29-22(30-36-23)18-8-5-11-31(18)24(33)15-12-20(34-2)16(25)13-19(15)32-27-9-10-28-32/h4,6-7,9-10,12-13,18H,3,5,8,11H2,1-2H3/t18-/m0/s1. The van der Waals surface area contributed by atoms with Crippen LogP contribution >= 0.6 is 11.6 Å². The molecule has 10 nitrogen and oxygen atoms in total. The van der Waals surface area contributed by atoms with Crippen LogP contribution in [0.3, 0.4) is 0 Å². The Balaban J connectivity index is 1.49. The molecule has 0 bridgehead atoms. The van der Waals surface area contributed by atoms with Gasteiger partial charge in [0.2, 0.25) is 0 Å². The molecule has 4 aromatic rings. The average Bonchev–Trinajstić information content (AvgIpc) is 3.66. The summed E-state index contributed by atoms with van der Waals surface area (Å²) in [6.07, 6.45) is 4.39. The molecule has 36 heavy (non-hydrogen) atoms. The molecule has 0 saturated carbocycles. The van der Waals surface area contributed by atoms with E-state index in [9.17, 15) is 9.18 Å². The molecule has 0 unspecified atom stereocenters. The van der Waals surface area contributed by atoms with Crippen LogP contribution in [0.25, 0.3) is 17.1 Å². The lowest BCUT2D eigenvalue weighted by Crippen LogP contribution is -2.32. The summed E-state index contributed by atoms with van der Waals surface area (Å²) in [6.45, 7) is 2.52. The Kier molecular flexibility index (Phi) is 6.55. The summed E-state index contributed by atoms with van der Waals surface area (Å²) in [5.41, 5.74) is 1.07.